The molecule has 0 amide bonds. The first kappa shape index (κ1) is 14.2. The van der Waals surface area contributed by atoms with E-state index in [0.29, 0.717) is 25.6 Å². The summed E-state index contributed by atoms with van der Waals surface area (Å²) in [5.74, 6) is 0.785. The van der Waals surface area contributed by atoms with E-state index in [1.165, 1.54) is 0 Å². The molecule has 18 heavy (non-hydrogen) atoms. The summed E-state index contributed by atoms with van der Waals surface area (Å²) in [5.41, 5.74) is 0. The lowest BCUT2D eigenvalue weighted by atomic mass is 10.0. The summed E-state index contributed by atoms with van der Waals surface area (Å²) in [4.78, 5) is 2.24. The average molecular weight is 275 g/mol. The Hall–Kier alpha value is -0.170. The van der Waals surface area contributed by atoms with Crippen molar-refractivity contribution in [2.24, 2.45) is 5.92 Å². The van der Waals surface area contributed by atoms with E-state index in [1.807, 2.05) is 0 Å². The molecule has 0 radical (unpaired) electrons. The van der Waals surface area contributed by atoms with E-state index in [0.717, 1.165) is 39.0 Å². The standard InChI is InChI=1S/C12H25N3O2S/c1-12-3-2-6-15(11-12)18(16,17)10-9-14-7-4-13-5-8-14/h12-13H,2-11H2,1H3. The molecule has 0 aromatic rings. The highest BCUT2D eigenvalue weighted by Gasteiger charge is 2.27. The van der Waals surface area contributed by atoms with Gasteiger partial charge in [0.1, 0.15) is 0 Å². The number of sulfonamides is 1. The van der Waals surface area contributed by atoms with Crippen molar-refractivity contribution in [1.82, 2.24) is 14.5 Å². The van der Waals surface area contributed by atoms with Crippen LogP contribution in [0.5, 0.6) is 0 Å². The van der Waals surface area contributed by atoms with Crippen molar-refractivity contribution in [1.29, 1.82) is 0 Å². The zero-order chi connectivity index (χ0) is 13.0. The van der Waals surface area contributed by atoms with Crippen LogP contribution in [-0.2, 0) is 10.0 Å². The normalized spacial score (nSPS) is 28.4. The zero-order valence-corrected chi connectivity index (χ0v) is 12.1. The summed E-state index contributed by atoms with van der Waals surface area (Å²) < 4.78 is 26.2. The van der Waals surface area contributed by atoms with Crippen LogP contribution in [0.1, 0.15) is 19.8 Å². The maximum atomic E-state index is 12.3. The molecule has 0 aromatic heterocycles. The minimum absolute atomic E-state index is 0.278. The van der Waals surface area contributed by atoms with Crippen molar-refractivity contribution in [2.45, 2.75) is 19.8 Å². The molecule has 2 fully saturated rings. The first-order valence-corrected chi connectivity index (χ1v) is 8.60. The summed E-state index contributed by atoms with van der Waals surface area (Å²) in [6, 6.07) is 0. The van der Waals surface area contributed by atoms with Gasteiger partial charge in [0.15, 0.2) is 0 Å². The molecule has 2 saturated heterocycles. The summed E-state index contributed by atoms with van der Waals surface area (Å²) in [5, 5.41) is 3.28. The van der Waals surface area contributed by atoms with Gasteiger partial charge in [0, 0.05) is 45.8 Å². The molecule has 106 valence electrons. The van der Waals surface area contributed by atoms with E-state index >= 15 is 0 Å². The molecular formula is C12H25N3O2S. The van der Waals surface area contributed by atoms with Gasteiger partial charge in [-0.25, -0.2) is 12.7 Å². The number of nitrogens with one attached hydrogen (secondary N) is 1. The molecule has 0 bridgehead atoms. The topological polar surface area (TPSA) is 52.7 Å². The van der Waals surface area contributed by atoms with Crippen molar-refractivity contribution < 1.29 is 8.42 Å². The summed E-state index contributed by atoms with van der Waals surface area (Å²) in [6.07, 6.45) is 2.16. The quantitative estimate of drug-likeness (QED) is 0.782. The van der Waals surface area contributed by atoms with E-state index in [1.54, 1.807) is 4.31 Å². The Bertz CT molecular complexity index is 352. The van der Waals surface area contributed by atoms with Gasteiger partial charge in [-0.3, -0.25) is 4.90 Å². The molecule has 1 atom stereocenters. The second-order valence-electron chi connectivity index (χ2n) is 5.51. The Morgan fingerprint density at radius 1 is 1.22 bits per heavy atom. The van der Waals surface area contributed by atoms with Crippen molar-refractivity contribution in [3.05, 3.63) is 0 Å². The lowest BCUT2D eigenvalue weighted by Gasteiger charge is -2.32. The Morgan fingerprint density at radius 3 is 2.61 bits per heavy atom. The predicted octanol–water partition coefficient (Wildman–Crippen LogP) is -0.0467. The minimum atomic E-state index is -3.04. The molecular weight excluding hydrogens is 250 g/mol. The third kappa shape index (κ3) is 3.91. The monoisotopic (exact) mass is 275 g/mol. The number of rotatable bonds is 4. The van der Waals surface area contributed by atoms with Crippen LogP contribution in [0, 0.1) is 5.92 Å². The van der Waals surface area contributed by atoms with E-state index in [9.17, 15) is 8.42 Å². The molecule has 6 heteroatoms. The van der Waals surface area contributed by atoms with Crippen molar-refractivity contribution in [3.8, 4) is 0 Å². The molecule has 1 unspecified atom stereocenters. The molecule has 5 nitrogen and oxygen atoms in total. The van der Waals surface area contributed by atoms with Crippen LogP contribution < -0.4 is 5.32 Å². The van der Waals surface area contributed by atoms with Gasteiger partial charge in [-0.2, -0.15) is 0 Å². The van der Waals surface area contributed by atoms with Gasteiger partial charge in [-0.15, -0.1) is 0 Å². The first-order chi connectivity index (χ1) is 8.58. The number of hydrogen-bond donors (Lipinski definition) is 1. The van der Waals surface area contributed by atoms with Crippen molar-refractivity contribution in [3.63, 3.8) is 0 Å². The predicted molar refractivity (Wildman–Crippen MR) is 73.1 cm³/mol. The minimum Gasteiger partial charge on any atom is -0.314 e. The van der Waals surface area contributed by atoms with Crippen LogP contribution in [0.15, 0.2) is 0 Å². The Kier molecular flexibility index (Phi) is 5.00. The number of piperidine rings is 1. The lowest BCUT2D eigenvalue weighted by molar-refractivity contribution is 0.248. The van der Waals surface area contributed by atoms with Crippen LogP contribution in [0.2, 0.25) is 0 Å². The lowest BCUT2D eigenvalue weighted by Crippen LogP contribution is -2.47. The van der Waals surface area contributed by atoms with Gasteiger partial charge in [0.2, 0.25) is 10.0 Å². The molecule has 2 aliphatic rings. The first-order valence-electron chi connectivity index (χ1n) is 6.99. The van der Waals surface area contributed by atoms with Gasteiger partial charge >= 0.3 is 0 Å². The van der Waals surface area contributed by atoms with Crippen LogP contribution in [0.25, 0.3) is 0 Å². The third-order valence-electron chi connectivity index (χ3n) is 3.89. The van der Waals surface area contributed by atoms with Gasteiger partial charge in [-0.05, 0) is 18.8 Å². The van der Waals surface area contributed by atoms with Crippen LogP contribution in [-0.4, -0.2) is 69.2 Å². The van der Waals surface area contributed by atoms with Gasteiger partial charge in [0.25, 0.3) is 0 Å². The Labute approximate surface area is 111 Å². The zero-order valence-electron chi connectivity index (χ0n) is 11.3. The molecule has 2 aliphatic heterocycles. The maximum absolute atomic E-state index is 12.3. The fourth-order valence-corrected chi connectivity index (χ4v) is 4.34. The second-order valence-corrected chi connectivity index (χ2v) is 7.60. The maximum Gasteiger partial charge on any atom is 0.215 e. The second kappa shape index (κ2) is 6.32. The molecule has 0 saturated carbocycles. The van der Waals surface area contributed by atoms with E-state index in [2.05, 4.69) is 17.1 Å². The molecule has 2 heterocycles. The van der Waals surface area contributed by atoms with Gasteiger partial charge in [-0.1, -0.05) is 6.92 Å². The molecule has 0 aromatic carbocycles. The molecule has 0 spiro atoms. The molecule has 2 rings (SSSR count). The summed E-state index contributed by atoms with van der Waals surface area (Å²) >= 11 is 0. The largest absolute Gasteiger partial charge is 0.314 e. The SMILES string of the molecule is CC1CCCN(S(=O)(=O)CCN2CCNCC2)C1. The third-order valence-corrected chi connectivity index (χ3v) is 5.71. The van der Waals surface area contributed by atoms with E-state index in [4.69, 9.17) is 0 Å². The van der Waals surface area contributed by atoms with E-state index < -0.39 is 10.0 Å². The summed E-state index contributed by atoms with van der Waals surface area (Å²) in [7, 11) is -3.04. The Balaban J connectivity index is 1.82. The molecule has 0 aliphatic carbocycles. The number of piperazine rings is 1. The van der Waals surface area contributed by atoms with Crippen LogP contribution >= 0.6 is 0 Å². The van der Waals surface area contributed by atoms with Gasteiger partial charge in [0.05, 0.1) is 5.75 Å². The fourth-order valence-electron chi connectivity index (χ4n) is 2.71. The van der Waals surface area contributed by atoms with Crippen LogP contribution in [0.3, 0.4) is 0 Å². The van der Waals surface area contributed by atoms with Gasteiger partial charge < -0.3 is 5.32 Å². The summed E-state index contributed by atoms with van der Waals surface area (Å²) in [6.45, 7) is 8.12. The Morgan fingerprint density at radius 2 is 1.94 bits per heavy atom. The molecule has 1 N–H and O–H groups in total. The number of hydrogen-bond acceptors (Lipinski definition) is 4. The fraction of sp³-hybridized carbons (Fsp3) is 1.00. The highest BCUT2D eigenvalue weighted by atomic mass is 32.2. The highest BCUT2D eigenvalue weighted by molar-refractivity contribution is 7.89. The number of nitrogens with zero attached hydrogens (tertiary/aromatic N) is 2. The highest BCUT2D eigenvalue weighted by Crippen LogP contribution is 2.18. The van der Waals surface area contributed by atoms with E-state index in [-0.39, 0.29) is 5.75 Å². The smallest absolute Gasteiger partial charge is 0.215 e. The average Bonchev–Trinajstić information content (AvgIpc) is 2.38. The van der Waals surface area contributed by atoms with Crippen molar-refractivity contribution in [2.75, 3.05) is 51.6 Å². The van der Waals surface area contributed by atoms with Crippen molar-refractivity contribution >= 4 is 10.0 Å². The van der Waals surface area contributed by atoms with Crippen LogP contribution in [0.4, 0.5) is 0 Å².